The highest BCUT2D eigenvalue weighted by atomic mass is 32.2. The first-order valence-corrected chi connectivity index (χ1v) is 31.4. The standard InChI is InChI=1S/C54H86N12O11S3/c1-13-27(9)39-52-57-33(23-80-52)45(71)63-41(29(11)67)49(75)60-37(25(5)6)46(72)59-38(26(7)8)48(74)64-42(30(12)68)54(77)66-20-16-18-35(66)51-56-32(22-79-51)44(70)62-40(28(10)14-2)53(76)65-19-15-17-34(65)50-55-31(21-78-50)43(69)58-36(24(3)4)47(73)61-39/h24-42,67-68H,13-23H2,1-12H3,(H,58,69)(H,59,72)(H,60,75)(H,61,73)(H,62,70)(H,63,71)(H,64,74)/t27-,28-,29+,30+,31-,32-,33-,34+,35+,36-,37-,38-,39+,40-,41-,42-/m0/s1. The molecule has 26 heteroatoms. The van der Waals surface area contributed by atoms with Crippen LogP contribution in [0.2, 0.25) is 0 Å². The number of fused-ring (bicyclic) bond motifs is 7. The predicted octanol–water partition coefficient (Wildman–Crippen LogP) is 0.739. The van der Waals surface area contributed by atoms with Crippen LogP contribution in [0.1, 0.15) is 122 Å². The average Bonchev–Trinajstić information content (AvgIpc) is 4.31. The molecule has 6 bridgehead atoms. The Morgan fingerprint density at radius 3 is 1.11 bits per heavy atom. The third-order valence-corrected chi connectivity index (χ3v) is 19.4. The minimum absolute atomic E-state index is 0.156. The molecule has 0 saturated carbocycles. The van der Waals surface area contributed by atoms with Crippen molar-refractivity contribution >= 4 is 104 Å². The molecule has 6 aliphatic heterocycles. The fraction of sp³-hybridized carbons (Fsp3) is 0.778. The number of rotatable bonds is 9. The first-order valence-electron chi connectivity index (χ1n) is 28.5. The molecule has 80 heavy (non-hydrogen) atoms. The Morgan fingerprint density at radius 2 is 0.725 bits per heavy atom. The number of aliphatic hydroxyl groups is 2. The minimum Gasteiger partial charge on any atom is -0.391 e. The van der Waals surface area contributed by atoms with Crippen LogP contribution in [0.5, 0.6) is 0 Å². The lowest BCUT2D eigenvalue weighted by atomic mass is 9.97. The molecule has 6 heterocycles. The van der Waals surface area contributed by atoms with Crippen molar-refractivity contribution in [2.75, 3.05) is 30.3 Å². The average molecular weight is 1180 g/mol. The normalized spacial score (nSPS) is 32.9. The van der Waals surface area contributed by atoms with E-state index in [4.69, 9.17) is 15.0 Å². The van der Waals surface area contributed by atoms with E-state index >= 15 is 0 Å². The zero-order valence-corrected chi connectivity index (χ0v) is 50.7. The van der Waals surface area contributed by atoms with Gasteiger partial charge >= 0.3 is 0 Å². The van der Waals surface area contributed by atoms with Crippen LogP contribution in [0.3, 0.4) is 0 Å². The number of thioether (sulfide) groups is 3. The topological polar surface area (TPSA) is 322 Å². The van der Waals surface area contributed by atoms with E-state index in [1.165, 1.54) is 49.1 Å². The van der Waals surface area contributed by atoms with Gasteiger partial charge in [0.15, 0.2) is 0 Å². The maximum absolute atomic E-state index is 14.6. The van der Waals surface area contributed by atoms with E-state index in [-0.39, 0.29) is 41.7 Å². The monoisotopic (exact) mass is 1170 g/mol. The Labute approximate surface area is 483 Å². The van der Waals surface area contributed by atoms with Gasteiger partial charge in [-0.15, -0.1) is 35.3 Å². The summed E-state index contributed by atoms with van der Waals surface area (Å²) in [6, 6.07) is -11.7. The van der Waals surface area contributed by atoms with Crippen molar-refractivity contribution in [1.82, 2.24) is 47.0 Å². The molecule has 0 aromatic heterocycles. The van der Waals surface area contributed by atoms with Crippen molar-refractivity contribution in [3.63, 3.8) is 0 Å². The lowest BCUT2D eigenvalue weighted by Gasteiger charge is -2.32. The lowest BCUT2D eigenvalue weighted by Crippen LogP contribution is -2.63. The minimum atomic E-state index is -1.54. The van der Waals surface area contributed by atoms with E-state index in [1.54, 1.807) is 37.5 Å². The highest BCUT2D eigenvalue weighted by Crippen LogP contribution is 2.33. The fourth-order valence-corrected chi connectivity index (χ4v) is 14.1. The molecule has 16 atom stereocenters. The van der Waals surface area contributed by atoms with Crippen molar-refractivity contribution in [3.8, 4) is 0 Å². The molecule has 0 aromatic carbocycles. The van der Waals surface area contributed by atoms with Gasteiger partial charge in [0, 0.05) is 30.3 Å². The molecule has 0 radical (unpaired) electrons. The molecule has 9 amide bonds. The van der Waals surface area contributed by atoms with Gasteiger partial charge in [0.25, 0.3) is 0 Å². The summed E-state index contributed by atoms with van der Waals surface area (Å²) in [5.74, 6) is -6.42. The van der Waals surface area contributed by atoms with E-state index in [0.29, 0.717) is 66.0 Å². The first kappa shape index (κ1) is 64.4. The van der Waals surface area contributed by atoms with E-state index in [0.717, 1.165) is 0 Å². The van der Waals surface area contributed by atoms with Crippen LogP contribution in [0.4, 0.5) is 0 Å². The molecular formula is C54H86N12O11S3. The number of nitrogens with one attached hydrogen (secondary N) is 7. The van der Waals surface area contributed by atoms with Crippen LogP contribution in [0.15, 0.2) is 15.0 Å². The summed E-state index contributed by atoms with van der Waals surface area (Å²) in [5.41, 5.74) is 0. The van der Waals surface area contributed by atoms with Crippen LogP contribution >= 0.6 is 35.3 Å². The highest BCUT2D eigenvalue weighted by Gasteiger charge is 2.46. The molecule has 2 fully saturated rings. The Morgan fingerprint density at radius 1 is 0.425 bits per heavy atom. The molecule has 6 aliphatic rings. The number of hydrogen-bond acceptors (Lipinski definition) is 17. The third kappa shape index (κ3) is 15.3. The van der Waals surface area contributed by atoms with Gasteiger partial charge in [-0.25, -0.2) is 0 Å². The molecular weight excluding hydrogens is 1090 g/mol. The summed E-state index contributed by atoms with van der Waals surface area (Å²) in [6.07, 6.45) is 0.784. The number of carbonyl (C=O) groups excluding carboxylic acids is 9. The SMILES string of the molecule is CC[C@H](C)[C@@H]1NC(=O)[C@@H]2CSC(=N2)[C@H]2CCCN2C(=O)[C@H]([C@@H](C)O)NC(=O)[C@H](C(C)C)NC(=O)[C@H](C(C)C)NC(=O)[C@H]([C@@H](C)O)NC(=O)[C@@H]2CSC(=N2)[C@@H]([C@@H](C)CC)NC(=O)[C@H](C(C)C)NC(=O)[C@@H]2CSC(=N2)[C@H]2CCCN2C1=O. The molecule has 446 valence electrons. The molecule has 23 nitrogen and oxygen atoms in total. The number of hydrogen-bond donors (Lipinski definition) is 9. The number of aliphatic imine (C=N–C) groups is 3. The van der Waals surface area contributed by atoms with Crippen molar-refractivity contribution in [2.24, 2.45) is 44.6 Å². The number of amides is 9. The summed E-state index contributed by atoms with van der Waals surface area (Å²) >= 11 is 4.00. The quantitative estimate of drug-likeness (QED) is 0.154. The molecule has 0 aliphatic carbocycles. The molecule has 0 aromatic rings. The molecule has 0 spiro atoms. The predicted molar refractivity (Wildman–Crippen MR) is 311 cm³/mol. The van der Waals surface area contributed by atoms with Gasteiger partial charge < -0.3 is 57.2 Å². The third-order valence-electron chi connectivity index (χ3n) is 16.0. The van der Waals surface area contributed by atoms with Crippen LogP contribution in [-0.2, 0) is 43.2 Å². The molecule has 9 N–H and O–H groups in total. The largest absolute Gasteiger partial charge is 0.391 e. The Kier molecular flexibility index (Phi) is 22.9. The summed E-state index contributed by atoms with van der Waals surface area (Å²) < 4.78 is 0. The second kappa shape index (κ2) is 28.5. The van der Waals surface area contributed by atoms with Crippen molar-refractivity contribution in [1.29, 1.82) is 0 Å². The zero-order chi connectivity index (χ0) is 59.0. The van der Waals surface area contributed by atoms with Gasteiger partial charge in [-0.05, 0) is 69.1 Å². The Hall–Kier alpha value is -4.79. The molecule has 2 saturated heterocycles. The zero-order valence-electron chi connectivity index (χ0n) is 48.3. The second-order valence-corrected chi connectivity index (χ2v) is 26.3. The van der Waals surface area contributed by atoms with Gasteiger partial charge in [-0.1, -0.05) is 82.1 Å². The summed E-state index contributed by atoms with van der Waals surface area (Å²) in [6.45, 7) is 21.5. The summed E-state index contributed by atoms with van der Waals surface area (Å²) in [4.78, 5) is 145. The van der Waals surface area contributed by atoms with E-state index in [2.05, 4.69) is 37.2 Å². The van der Waals surface area contributed by atoms with Gasteiger partial charge in [-0.2, -0.15) is 0 Å². The van der Waals surface area contributed by atoms with Gasteiger partial charge in [0.05, 0.1) is 45.5 Å². The van der Waals surface area contributed by atoms with Crippen LogP contribution in [0.25, 0.3) is 0 Å². The van der Waals surface area contributed by atoms with Crippen LogP contribution in [-0.4, -0.2) is 203 Å². The lowest BCUT2D eigenvalue weighted by molar-refractivity contribution is -0.141. The summed E-state index contributed by atoms with van der Waals surface area (Å²) in [7, 11) is 0. The number of aliphatic hydroxyl groups excluding tert-OH is 2. The Balaban J connectivity index is 1.32. The first-order chi connectivity index (χ1) is 37.8. The number of nitrogens with zero attached hydrogens (tertiary/aromatic N) is 5. The molecule has 0 unspecified atom stereocenters. The van der Waals surface area contributed by atoms with Gasteiger partial charge in [0.1, 0.15) is 54.4 Å². The maximum Gasteiger partial charge on any atom is 0.248 e. The molecule has 6 rings (SSSR count). The van der Waals surface area contributed by atoms with Gasteiger partial charge in [0.2, 0.25) is 53.2 Å². The van der Waals surface area contributed by atoms with Crippen molar-refractivity contribution in [3.05, 3.63) is 0 Å². The van der Waals surface area contributed by atoms with Crippen molar-refractivity contribution < 1.29 is 53.4 Å². The summed E-state index contributed by atoms with van der Waals surface area (Å²) in [5, 5.41) is 43.3. The van der Waals surface area contributed by atoms with E-state index in [9.17, 15) is 53.4 Å². The fourth-order valence-electron chi connectivity index (χ4n) is 10.5. The smallest absolute Gasteiger partial charge is 0.248 e. The highest BCUT2D eigenvalue weighted by molar-refractivity contribution is 8.15. The van der Waals surface area contributed by atoms with E-state index < -0.39 is 144 Å². The van der Waals surface area contributed by atoms with Crippen molar-refractivity contribution in [2.45, 2.75) is 206 Å². The van der Waals surface area contributed by atoms with Gasteiger partial charge in [-0.3, -0.25) is 58.1 Å². The maximum atomic E-state index is 14.6. The van der Waals surface area contributed by atoms with Crippen LogP contribution < -0.4 is 37.2 Å². The number of carbonyl (C=O) groups is 9. The van der Waals surface area contributed by atoms with E-state index in [1.807, 2.05) is 41.5 Å². The Bertz CT molecular complexity index is 2420. The second-order valence-electron chi connectivity index (χ2n) is 23.1. The van der Waals surface area contributed by atoms with Crippen LogP contribution in [0, 0.1) is 29.6 Å².